The van der Waals surface area contributed by atoms with Gasteiger partial charge in [-0.25, -0.2) is 0 Å². The number of hydrogen-bond acceptors (Lipinski definition) is 0. The molecule has 0 amide bonds. The van der Waals surface area contributed by atoms with Crippen LogP contribution < -0.4 is 0 Å². The van der Waals surface area contributed by atoms with Gasteiger partial charge in [-0.3, -0.25) is 0 Å². The molecule has 0 atom stereocenters. The van der Waals surface area contributed by atoms with E-state index in [2.05, 4.69) is 6.58 Å². The molecule has 0 fully saturated rings. The van der Waals surface area contributed by atoms with E-state index in [0.29, 0.717) is 5.57 Å². The van der Waals surface area contributed by atoms with Gasteiger partial charge in [-0.15, -0.1) is 0 Å². The molecule has 0 aromatic rings. The lowest BCUT2D eigenvalue weighted by Gasteiger charge is -2.06. The number of allylic oxidation sites excluding steroid dienone is 5. The Morgan fingerprint density at radius 2 is 1.83 bits per heavy atom. The van der Waals surface area contributed by atoms with Gasteiger partial charge in [0.05, 0.1) is 5.57 Å². The van der Waals surface area contributed by atoms with E-state index in [0.717, 1.165) is 12.2 Å². The zero-order valence-electron chi connectivity index (χ0n) is 7.07. The van der Waals surface area contributed by atoms with Crippen LogP contribution in [0.4, 0.5) is 13.2 Å². The monoisotopic (exact) mass is 176 g/mol. The molecule has 12 heavy (non-hydrogen) atoms. The van der Waals surface area contributed by atoms with Crippen LogP contribution in [-0.4, -0.2) is 6.18 Å². The second kappa shape index (κ2) is 4.14. The summed E-state index contributed by atoms with van der Waals surface area (Å²) in [5.41, 5.74) is -0.280. The lowest BCUT2D eigenvalue weighted by molar-refractivity contribution is -0.0882. The van der Waals surface area contributed by atoms with Crippen molar-refractivity contribution in [1.82, 2.24) is 0 Å². The molecule has 0 N–H and O–H groups in total. The van der Waals surface area contributed by atoms with Crippen LogP contribution in [0.25, 0.3) is 0 Å². The molecule has 0 aliphatic carbocycles. The van der Waals surface area contributed by atoms with Gasteiger partial charge >= 0.3 is 6.18 Å². The molecular weight excluding hydrogens is 165 g/mol. The smallest absolute Gasteiger partial charge is 0.166 e. The predicted molar refractivity (Wildman–Crippen MR) is 43.8 cm³/mol. The molecule has 0 bridgehead atoms. The second-order valence-electron chi connectivity index (χ2n) is 2.44. The predicted octanol–water partition coefficient (Wildman–Crippen LogP) is 3.63. The summed E-state index contributed by atoms with van der Waals surface area (Å²) in [7, 11) is 0. The Kier molecular flexibility index (Phi) is 3.80. The van der Waals surface area contributed by atoms with Crippen molar-refractivity contribution < 1.29 is 13.2 Å². The minimum atomic E-state index is -4.29. The zero-order valence-corrected chi connectivity index (χ0v) is 7.07. The fourth-order valence-electron chi connectivity index (χ4n) is 0.669. The molecule has 68 valence electrons. The van der Waals surface area contributed by atoms with Gasteiger partial charge in [0.25, 0.3) is 0 Å². The zero-order chi connectivity index (χ0) is 9.78. The van der Waals surface area contributed by atoms with Gasteiger partial charge in [0.15, 0.2) is 0 Å². The van der Waals surface area contributed by atoms with Gasteiger partial charge in [0, 0.05) is 0 Å². The number of rotatable bonds is 2. The number of hydrogen-bond donors (Lipinski definition) is 0. The molecule has 0 aliphatic rings. The first-order valence-corrected chi connectivity index (χ1v) is 3.45. The van der Waals surface area contributed by atoms with Crippen LogP contribution in [-0.2, 0) is 0 Å². The van der Waals surface area contributed by atoms with Gasteiger partial charge in [0.1, 0.15) is 0 Å². The van der Waals surface area contributed by atoms with Crippen LogP contribution >= 0.6 is 0 Å². The number of alkyl halides is 3. The van der Waals surface area contributed by atoms with E-state index in [9.17, 15) is 13.2 Å². The van der Waals surface area contributed by atoms with Crippen molar-refractivity contribution >= 4 is 0 Å². The third-order valence-electron chi connectivity index (χ3n) is 1.08. The molecule has 0 saturated carbocycles. The van der Waals surface area contributed by atoms with Crippen molar-refractivity contribution in [3.05, 3.63) is 36.0 Å². The van der Waals surface area contributed by atoms with Crippen LogP contribution in [0.2, 0.25) is 0 Å². The van der Waals surface area contributed by atoms with E-state index in [-0.39, 0.29) is 0 Å². The van der Waals surface area contributed by atoms with E-state index in [1.807, 2.05) is 0 Å². The normalized spacial score (nSPS) is 13.9. The first-order valence-electron chi connectivity index (χ1n) is 3.45. The van der Waals surface area contributed by atoms with Crippen molar-refractivity contribution in [1.29, 1.82) is 0 Å². The Bertz CT molecular complexity index is 218. The summed E-state index contributed by atoms with van der Waals surface area (Å²) in [4.78, 5) is 0. The van der Waals surface area contributed by atoms with Crippen LogP contribution in [0.5, 0.6) is 0 Å². The molecule has 0 heterocycles. The third-order valence-corrected chi connectivity index (χ3v) is 1.08. The maximum absolute atomic E-state index is 12.1. The Morgan fingerprint density at radius 3 is 2.08 bits per heavy atom. The molecule has 0 aromatic carbocycles. The van der Waals surface area contributed by atoms with E-state index < -0.39 is 11.7 Å². The van der Waals surface area contributed by atoms with Crippen LogP contribution in [0.15, 0.2) is 36.0 Å². The average molecular weight is 176 g/mol. The highest BCUT2D eigenvalue weighted by atomic mass is 19.4. The third kappa shape index (κ3) is 4.01. The summed E-state index contributed by atoms with van der Waals surface area (Å²) in [6.45, 7) is 6.44. The maximum Gasteiger partial charge on any atom is 0.416 e. The molecule has 0 unspecified atom stereocenters. The first-order chi connectivity index (χ1) is 5.38. The van der Waals surface area contributed by atoms with Crippen LogP contribution in [0.3, 0.4) is 0 Å². The van der Waals surface area contributed by atoms with Gasteiger partial charge in [0.2, 0.25) is 0 Å². The standard InChI is InChI=1S/C9H11F3/c1-4-5-8(6-7(2)3)9(10,11)12/h4-6H,2H2,1,3H3/b5-4?,8-6+. The summed E-state index contributed by atoms with van der Waals surface area (Å²) in [5, 5.41) is 0. The van der Waals surface area contributed by atoms with Crippen molar-refractivity contribution in [3.63, 3.8) is 0 Å². The highest BCUT2D eigenvalue weighted by molar-refractivity contribution is 5.30. The highest BCUT2D eigenvalue weighted by Gasteiger charge is 2.31. The Morgan fingerprint density at radius 1 is 1.33 bits per heavy atom. The molecule has 0 aliphatic heterocycles. The maximum atomic E-state index is 12.1. The quantitative estimate of drug-likeness (QED) is 0.563. The SMILES string of the molecule is C=C(C)/C=C(\C=CC)C(F)(F)F. The van der Waals surface area contributed by atoms with Gasteiger partial charge in [-0.2, -0.15) is 13.2 Å². The summed E-state index contributed by atoms with van der Waals surface area (Å²) in [6, 6.07) is 0. The largest absolute Gasteiger partial charge is 0.416 e. The molecular formula is C9H11F3. The fraction of sp³-hybridized carbons (Fsp3) is 0.333. The van der Waals surface area contributed by atoms with E-state index in [4.69, 9.17) is 0 Å². The number of halogens is 3. The summed E-state index contributed by atoms with van der Waals surface area (Å²) in [6.07, 6.45) is -0.900. The van der Waals surface area contributed by atoms with E-state index in [1.54, 1.807) is 0 Å². The van der Waals surface area contributed by atoms with Crippen LogP contribution in [0, 0.1) is 0 Å². The van der Waals surface area contributed by atoms with E-state index >= 15 is 0 Å². The summed E-state index contributed by atoms with van der Waals surface area (Å²) >= 11 is 0. The van der Waals surface area contributed by atoms with Gasteiger partial charge in [-0.1, -0.05) is 24.3 Å². The molecule has 0 nitrogen and oxygen atoms in total. The minimum Gasteiger partial charge on any atom is -0.166 e. The van der Waals surface area contributed by atoms with Gasteiger partial charge in [-0.05, 0) is 19.9 Å². The fourth-order valence-corrected chi connectivity index (χ4v) is 0.669. The van der Waals surface area contributed by atoms with E-state index in [1.165, 1.54) is 19.9 Å². The molecule has 0 aromatic heterocycles. The van der Waals surface area contributed by atoms with Crippen LogP contribution in [0.1, 0.15) is 13.8 Å². The molecule has 0 rings (SSSR count). The minimum absolute atomic E-state index is 0.389. The Labute approximate surface area is 70.1 Å². The molecule has 0 saturated heterocycles. The second-order valence-corrected chi connectivity index (χ2v) is 2.44. The van der Waals surface area contributed by atoms with Crippen molar-refractivity contribution in [2.75, 3.05) is 0 Å². The summed E-state index contributed by atoms with van der Waals surface area (Å²) in [5.74, 6) is 0. The lowest BCUT2D eigenvalue weighted by Crippen LogP contribution is -2.09. The molecule has 0 radical (unpaired) electrons. The van der Waals surface area contributed by atoms with Crippen molar-refractivity contribution in [3.8, 4) is 0 Å². The van der Waals surface area contributed by atoms with Gasteiger partial charge < -0.3 is 0 Å². The van der Waals surface area contributed by atoms with Crippen molar-refractivity contribution in [2.45, 2.75) is 20.0 Å². The molecule has 3 heteroatoms. The first kappa shape index (κ1) is 11.0. The van der Waals surface area contributed by atoms with Crippen molar-refractivity contribution in [2.24, 2.45) is 0 Å². The highest BCUT2D eigenvalue weighted by Crippen LogP contribution is 2.27. The summed E-state index contributed by atoms with van der Waals surface area (Å²) < 4.78 is 36.3. The Hall–Kier alpha value is -0.990. The lowest BCUT2D eigenvalue weighted by atomic mass is 10.1. The Balaban J connectivity index is 4.80. The average Bonchev–Trinajstić information content (AvgIpc) is 1.83. The topological polar surface area (TPSA) is 0 Å². The molecule has 0 spiro atoms.